The number of carbonyl (C=O) groups excluding carboxylic acids is 1. The Morgan fingerprint density at radius 3 is 1.40 bits per heavy atom. The molecule has 0 aliphatic heterocycles. The van der Waals surface area contributed by atoms with Crippen LogP contribution in [0.1, 0.15) is 18.6 Å². The van der Waals surface area contributed by atoms with Gasteiger partial charge in [-0.1, -0.05) is 36.7 Å². The van der Waals surface area contributed by atoms with Crippen molar-refractivity contribution in [2.45, 2.75) is 21.3 Å². The molecule has 20 heteroatoms. The summed E-state index contributed by atoms with van der Waals surface area (Å²) in [7, 11) is 0. The maximum absolute atomic E-state index is 11.0. The van der Waals surface area contributed by atoms with Gasteiger partial charge in [0.05, 0.1) is 22.8 Å². The molecule has 261 valence electrons. The molecule has 0 unspecified atom stereocenters. The van der Waals surface area contributed by atoms with Crippen molar-refractivity contribution in [3.05, 3.63) is 127 Å². The number of hydrogen-bond donors (Lipinski definition) is 6. The molecule has 14 nitrogen and oxygen atoms in total. The molecule has 0 bridgehead atoms. The van der Waals surface area contributed by atoms with Gasteiger partial charge in [-0.3, -0.25) is 4.79 Å². The third kappa shape index (κ3) is 33.3. The van der Waals surface area contributed by atoms with Crippen LogP contribution in [-0.4, -0.2) is 141 Å². The zero-order valence-corrected chi connectivity index (χ0v) is 40.6. The van der Waals surface area contributed by atoms with Gasteiger partial charge in [-0.2, -0.15) is 0 Å². The first-order chi connectivity index (χ1) is 23.9. The third-order valence-electron chi connectivity index (χ3n) is 4.77. The Morgan fingerprint density at radius 1 is 0.660 bits per heavy atom. The number of ketones is 1. The summed E-state index contributed by atoms with van der Waals surface area (Å²) in [6, 6.07) is 11.4. The van der Waals surface area contributed by atoms with E-state index < -0.39 is 0 Å². The summed E-state index contributed by atoms with van der Waals surface area (Å²) < 4.78 is 0. The molecule has 9 N–H and O–H groups in total. The molecule has 0 fully saturated rings. The van der Waals surface area contributed by atoms with E-state index in [2.05, 4.69) is 4.99 Å². The predicted octanol–water partition coefficient (Wildman–Crippen LogP) is 5.68. The molecular formula is C33H30Cl2FeK3N10O4. The monoisotopic (exact) mass is 873 g/mol. The second-order valence-electron chi connectivity index (χ2n) is 7.62. The van der Waals surface area contributed by atoms with E-state index in [9.17, 15) is 15.0 Å². The number of nitrogens with two attached hydrogens (primary N) is 3. The molecule has 0 spiro atoms. The van der Waals surface area contributed by atoms with E-state index in [-0.39, 0.29) is 115 Å². The van der Waals surface area contributed by atoms with Crippen molar-refractivity contribution in [2.75, 3.05) is 17.2 Å². The molecular weight excluding hydrogens is 844 g/mol. The number of phenols is 3. The van der Waals surface area contributed by atoms with Crippen molar-refractivity contribution in [2.24, 2.45) is 4.99 Å². The molecule has 0 saturated carbocycles. The Balaban J connectivity index is -0.0000000685. The molecule has 3 aromatic carbocycles. The molecule has 0 saturated heterocycles. The SMILES string of the molecule is C.Cc1cc(N=C2C=CC(=O)C=C2)c(N)c(Cl)c1O.Cc1ccc(N)c(Cl)c1O.Nc1ccc(O)cc1.[C-]#N.[C-]#N.[C-]#N.[C-]#N.[C-]#N.[C-]#N.[Fe+6].[K].[K][K]. The van der Waals surface area contributed by atoms with Crippen molar-refractivity contribution in [1.82, 2.24) is 0 Å². The number of aryl methyl sites for hydroxylation is 2. The number of rotatable bonds is 1. The summed E-state index contributed by atoms with van der Waals surface area (Å²) in [6.45, 7) is 32.0. The molecule has 53 heavy (non-hydrogen) atoms. The van der Waals surface area contributed by atoms with Gasteiger partial charge in [0.2, 0.25) is 0 Å². The molecule has 0 aromatic heterocycles. The van der Waals surface area contributed by atoms with Gasteiger partial charge in [-0.25, -0.2) is 4.99 Å². The topological polar surface area (TPSA) is 311 Å². The second kappa shape index (κ2) is 50.2. The Labute approximate surface area is 420 Å². The summed E-state index contributed by atoms with van der Waals surface area (Å²) in [4.78, 5) is 15.3. The van der Waals surface area contributed by atoms with E-state index in [1.54, 1.807) is 68.5 Å². The number of halogens is 2. The number of aliphatic imine (C=N–C) groups is 1. The van der Waals surface area contributed by atoms with Gasteiger partial charge in [0.15, 0.2) is 5.78 Å². The Bertz CT molecular complexity index is 1550. The Morgan fingerprint density at radius 2 is 1.04 bits per heavy atom. The fraction of sp³-hybridized carbons (Fsp3) is 0.0909. The number of benzene rings is 3. The molecule has 0 amide bonds. The van der Waals surface area contributed by atoms with Crippen LogP contribution in [0.15, 0.2) is 71.8 Å². The van der Waals surface area contributed by atoms with Crippen LogP contribution in [0.5, 0.6) is 17.2 Å². The molecule has 4 rings (SSSR count). The standard InChI is InChI=1S/C13H11ClN2O2.C7H8ClNO.C6H7NO.6CN.CH4.Fe.3K/c1-7-6-10(12(15)11(14)13(7)18)16-8-2-4-9(17)5-3-8;1-4-2-3-5(9)6(8)7(4)10;7-5-1-3-6(8)4-2-5;6*1-2;;;;;/h2-6,18H,15H2,1H3;2-3,10H,9H2,1H3;1-4,8H,7H2;;;;;;;1H4;;;;/q;;;6*-1;;+6;;;. The normalized spacial score (nSPS) is 8.38. The van der Waals surface area contributed by atoms with Crippen LogP contribution in [-0.2, 0) is 21.9 Å². The first-order valence-electron chi connectivity index (χ1n) is 12.8. The summed E-state index contributed by atoms with van der Waals surface area (Å²) in [5.74, 6) is 0.200. The van der Waals surface area contributed by atoms with E-state index in [0.29, 0.717) is 28.3 Å². The molecule has 0 atom stereocenters. The minimum atomic E-state index is -0.0816. The van der Waals surface area contributed by atoms with Crippen molar-refractivity contribution in [3.63, 3.8) is 0 Å². The fourth-order valence-corrected chi connectivity index (χ4v) is 3.13. The van der Waals surface area contributed by atoms with Crippen LogP contribution in [0.4, 0.5) is 22.7 Å². The third-order valence-corrected chi connectivity index (χ3v) is 5.55. The van der Waals surface area contributed by atoms with Crippen LogP contribution in [0, 0.1) is 84.9 Å². The molecule has 3 aromatic rings. The molecule has 1 aliphatic rings. The molecule has 1 radical (unpaired) electrons. The average molecular weight is 875 g/mol. The summed E-state index contributed by atoms with van der Waals surface area (Å²) in [5.41, 5.74) is 20.2. The first kappa shape index (κ1) is 72.5. The van der Waals surface area contributed by atoms with E-state index >= 15 is 0 Å². The van der Waals surface area contributed by atoms with E-state index in [1.165, 1.54) is 75.3 Å². The second-order valence-corrected chi connectivity index (χ2v) is 8.38. The van der Waals surface area contributed by atoms with E-state index in [0.717, 1.165) is 5.56 Å². The van der Waals surface area contributed by atoms with Crippen molar-refractivity contribution in [1.29, 1.82) is 31.6 Å². The van der Waals surface area contributed by atoms with Gasteiger partial charge in [-0.15, -0.1) is 0 Å². The number of allylic oxidation sites excluding steroid dienone is 4. The number of hydrogen-bond acceptors (Lipinski definition) is 14. The number of nitrogens with zero attached hydrogens (tertiary/aromatic N) is 7. The van der Waals surface area contributed by atoms with Gasteiger partial charge in [0.25, 0.3) is 0 Å². The summed E-state index contributed by atoms with van der Waals surface area (Å²) in [5, 5.41) is 65.3. The predicted molar refractivity (Wildman–Crippen MR) is 201 cm³/mol. The summed E-state index contributed by atoms with van der Waals surface area (Å²) >= 11 is 14.0. The quantitative estimate of drug-likeness (QED) is 0.0564. The molecule has 1 aliphatic carbocycles. The first-order valence-corrected chi connectivity index (χ1v) is 29.5. The van der Waals surface area contributed by atoms with Crippen LogP contribution >= 0.6 is 23.2 Å². The zero-order valence-electron chi connectivity index (χ0n) is 28.6. The molecule has 0 heterocycles. The van der Waals surface area contributed by atoms with Crippen molar-refractivity contribution >= 4 is 172 Å². The van der Waals surface area contributed by atoms with Gasteiger partial charge in [0.1, 0.15) is 27.3 Å². The Kier molecular flexibility index (Phi) is 68.7. The average Bonchev–Trinajstić information content (AvgIpc) is 3.18. The van der Waals surface area contributed by atoms with Crippen LogP contribution < -0.4 is 17.2 Å². The van der Waals surface area contributed by atoms with Crippen molar-refractivity contribution < 1.29 is 37.2 Å². The van der Waals surface area contributed by atoms with Gasteiger partial charge < -0.3 is 104 Å². The number of aromatic hydroxyl groups is 3. The number of anilines is 3. The van der Waals surface area contributed by atoms with Gasteiger partial charge in [0, 0.05) is 57.1 Å². The zero-order chi connectivity index (χ0) is 41.0. The van der Waals surface area contributed by atoms with Gasteiger partial charge in [-0.05, 0) is 85.7 Å². The van der Waals surface area contributed by atoms with E-state index in [4.69, 9.17) is 117 Å². The van der Waals surface area contributed by atoms with Crippen LogP contribution in [0.2, 0.25) is 10.0 Å². The number of phenolic OH excluding ortho intramolecular Hbond substituents is 3. The summed E-state index contributed by atoms with van der Waals surface area (Å²) in [6.07, 6.45) is 6.03. The van der Waals surface area contributed by atoms with Crippen LogP contribution in [0.25, 0.3) is 0 Å². The number of nitrogen functional groups attached to an aromatic ring is 3. The fourth-order valence-electron chi connectivity index (χ4n) is 2.67. The number of carbonyl (C=O) groups is 1. The van der Waals surface area contributed by atoms with Crippen LogP contribution in [0.3, 0.4) is 0 Å². The van der Waals surface area contributed by atoms with Gasteiger partial charge >= 0.3 is 80.2 Å². The van der Waals surface area contributed by atoms with Crippen molar-refractivity contribution in [3.8, 4) is 17.2 Å². The minimum absolute atomic E-state index is 0. The Hall–Kier alpha value is -1.77. The maximum atomic E-state index is 11.0. The van der Waals surface area contributed by atoms with E-state index in [1.807, 2.05) is 0 Å².